The quantitative estimate of drug-likeness (QED) is 0.537. The van der Waals surface area contributed by atoms with Crippen LogP contribution >= 0.6 is 15.9 Å². The second kappa shape index (κ2) is 10.1. The Kier molecular flexibility index (Phi) is 8.71. The van der Waals surface area contributed by atoms with Crippen molar-refractivity contribution in [2.45, 2.75) is 59.0 Å². The van der Waals surface area contributed by atoms with E-state index in [9.17, 15) is 13.2 Å². The van der Waals surface area contributed by atoms with Gasteiger partial charge in [-0.2, -0.15) is 0 Å². The summed E-state index contributed by atoms with van der Waals surface area (Å²) >= 11 is 3.33. The van der Waals surface area contributed by atoms with E-state index in [4.69, 9.17) is 4.74 Å². The van der Waals surface area contributed by atoms with Crippen molar-refractivity contribution in [2.75, 3.05) is 10.0 Å². The number of nitrogens with one attached hydrogen (secondary N) is 2. The van der Waals surface area contributed by atoms with E-state index in [0.29, 0.717) is 22.5 Å². The summed E-state index contributed by atoms with van der Waals surface area (Å²) in [6.45, 7) is 12.7. The van der Waals surface area contributed by atoms with Crippen LogP contribution in [0.4, 0.5) is 16.2 Å². The van der Waals surface area contributed by atoms with E-state index in [1.54, 1.807) is 65.0 Å². The van der Waals surface area contributed by atoms with Gasteiger partial charge in [-0.15, -0.1) is 0 Å². The van der Waals surface area contributed by atoms with Gasteiger partial charge in [0.15, 0.2) is 0 Å². The normalized spacial score (nSPS) is 11.2. The van der Waals surface area contributed by atoms with Gasteiger partial charge >= 0.3 is 6.09 Å². The van der Waals surface area contributed by atoms with Crippen molar-refractivity contribution in [3.63, 3.8) is 0 Å². The summed E-state index contributed by atoms with van der Waals surface area (Å²) in [5.74, 6) is 0. The Hall–Kier alpha value is -2.06. The van der Waals surface area contributed by atoms with Crippen LogP contribution in [-0.4, -0.2) is 20.1 Å². The molecule has 2 rings (SSSR count). The number of anilines is 2. The van der Waals surface area contributed by atoms with Crippen LogP contribution in [0.3, 0.4) is 0 Å². The van der Waals surface area contributed by atoms with Gasteiger partial charge < -0.3 is 4.74 Å². The van der Waals surface area contributed by atoms with E-state index in [0.717, 1.165) is 4.47 Å². The third-order valence-electron chi connectivity index (χ3n) is 3.57. The molecule has 2 N–H and O–H groups in total. The topological polar surface area (TPSA) is 84.5 Å². The molecule has 2 aromatic rings. The van der Waals surface area contributed by atoms with Crippen molar-refractivity contribution in [2.24, 2.45) is 0 Å². The van der Waals surface area contributed by atoms with Crippen LogP contribution in [-0.2, 0) is 14.8 Å². The molecule has 8 heteroatoms. The zero-order valence-electron chi connectivity index (χ0n) is 17.9. The van der Waals surface area contributed by atoms with Crippen molar-refractivity contribution in [3.8, 4) is 0 Å². The number of rotatable bonds is 4. The largest absolute Gasteiger partial charge is 0.444 e. The molecule has 0 aromatic heterocycles. The molecule has 1 amide bonds. The van der Waals surface area contributed by atoms with Crippen LogP contribution in [0.5, 0.6) is 0 Å². The zero-order chi connectivity index (χ0) is 22.4. The molecular formula is C21H29BrN2O4S. The fourth-order valence-electron chi connectivity index (χ4n) is 2.42. The number of amides is 1. The van der Waals surface area contributed by atoms with Crippen LogP contribution in [0.25, 0.3) is 0 Å². The van der Waals surface area contributed by atoms with Crippen LogP contribution in [0, 0.1) is 13.8 Å². The van der Waals surface area contributed by atoms with Crippen molar-refractivity contribution in [3.05, 3.63) is 52.0 Å². The first-order valence-electron chi connectivity index (χ1n) is 9.27. The molecule has 0 bridgehead atoms. The Morgan fingerprint density at radius 2 is 1.66 bits per heavy atom. The molecule has 0 radical (unpaired) electrons. The van der Waals surface area contributed by atoms with Crippen molar-refractivity contribution >= 4 is 43.4 Å². The maximum Gasteiger partial charge on any atom is 0.412 e. The number of carbonyl (C=O) groups is 1. The molecular weight excluding hydrogens is 456 g/mol. The molecule has 0 spiro atoms. The summed E-state index contributed by atoms with van der Waals surface area (Å²) in [6, 6.07) is 10.0. The average Bonchev–Trinajstić information content (AvgIpc) is 2.57. The predicted molar refractivity (Wildman–Crippen MR) is 122 cm³/mol. The summed E-state index contributed by atoms with van der Waals surface area (Å²) in [5.41, 5.74) is 1.23. The molecule has 2 aromatic carbocycles. The molecule has 0 saturated carbocycles. The van der Waals surface area contributed by atoms with E-state index >= 15 is 0 Å². The lowest BCUT2D eigenvalue weighted by molar-refractivity contribution is 0.0636. The molecule has 0 saturated heterocycles. The van der Waals surface area contributed by atoms with Crippen molar-refractivity contribution in [1.82, 2.24) is 0 Å². The van der Waals surface area contributed by atoms with E-state index in [1.807, 2.05) is 13.8 Å². The lowest BCUT2D eigenvalue weighted by Gasteiger charge is -2.21. The molecule has 0 aliphatic rings. The maximum atomic E-state index is 12.9. The summed E-state index contributed by atoms with van der Waals surface area (Å²) in [6.07, 6.45) is -0.659. The fraction of sp³-hybridized carbons (Fsp3) is 0.381. The third-order valence-corrected chi connectivity index (χ3v) is 5.57. The van der Waals surface area contributed by atoms with E-state index in [2.05, 4.69) is 26.0 Å². The minimum atomic E-state index is -3.84. The highest BCUT2D eigenvalue weighted by molar-refractivity contribution is 9.10. The number of hydrogen-bond donors (Lipinski definition) is 2. The molecule has 0 aliphatic heterocycles. The number of halogens is 1. The van der Waals surface area contributed by atoms with Gasteiger partial charge in [-0.3, -0.25) is 10.0 Å². The first-order valence-corrected chi connectivity index (χ1v) is 11.6. The predicted octanol–water partition coefficient (Wildman–Crippen LogP) is 6.24. The molecule has 0 heterocycles. The summed E-state index contributed by atoms with van der Waals surface area (Å²) in [4.78, 5) is 12.3. The smallest absolute Gasteiger partial charge is 0.412 e. The van der Waals surface area contributed by atoms with Crippen molar-refractivity contribution < 1.29 is 17.9 Å². The Bertz CT molecular complexity index is 967. The fourth-order valence-corrected chi connectivity index (χ4v) is 4.28. The Balaban J connectivity index is 0.00000204. The highest BCUT2D eigenvalue weighted by Gasteiger charge is 2.22. The van der Waals surface area contributed by atoms with Gasteiger partial charge in [-0.05, 0) is 70.0 Å². The molecule has 29 heavy (non-hydrogen) atoms. The van der Waals surface area contributed by atoms with Gasteiger partial charge in [0.1, 0.15) is 5.60 Å². The molecule has 160 valence electrons. The minimum absolute atomic E-state index is 0.164. The van der Waals surface area contributed by atoms with E-state index < -0.39 is 21.7 Å². The number of hydrogen-bond acceptors (Lipinski definition) is 4. The molecule has 0 unspecified atom stereocenters. The standard InChI is InChI=1S/C19H23BrN2O4S.C2H6/c1-12-7-6-8-15(21-18(23)26-19(3,4)5)17(12)22-27(24,25)16-10-9-14(20)11-13(16)2;1-2/h6-11,22H,1-5H3,(H,21,23);1-2H3. The SMILES string of the molecule is CC.Cc1cc(Br)ccc1S(=O)(=O)Nc1c(C)cccc1NC(=O)OC(C)(C)C. The van der Waals surface area contributed by atoms with E-state index in [-0.39, 0.29) is 4.90 Å². The van der Waals surface area contributed by atoms with Crippen LogP contribution in [0.2, 0.25) is 0 Å². The lowest BCUT2D eigenvalue weighted by Crippen LogP contribution is -2.27. The second-order valence-electron chi connectivity index (χ2n) is 7.14. The summed E-state index contributed by atoms with van der Waals surface area (Å²) in [5, 5.41) is 2.61. The molecule has 0 atom stereocenters. The average molecular weight is 485 g/mol. The Morgan fingerprint density at radius 1 is 1.03 bits per heavy atom. The lowest BCUT2D eigenvalue weighted by atomic mass is 10.2. The molecule has 0 aliphatic carbocycles. The summed E-state index contributed by atoms with van der Waals surface area (Å²) in [7, 11) is -3.84. The molecule has 6 nitrogen and oxygen atoms in total. The maximum absolute atomic E-state index is 12.9. The second-order valence-corrected chi connectivity index (χ2v) is 9.71. The molecule has 0 fully saturated rings. The number of aryl methyl sites for hydroxylation is 2. The van der Waals surface area contributed by atoms with Gasteiger partial charge in [0.2, 0.25) is 0 Å². The Labute approximate surface area is 182 Å². The highest BCUT2D eigenvalue weighted by Crippen LogP contribution is 2.30. The number of sulfonamides is 1. The van der Waals surface area contributed by atoms with Crippen LogP contribution in [0.15, 0.2) is 45.8 Å². The van der Waals surface area contributed by atoms with E-state index in [1.165, 1.54) is 6.07 Å². The summed E-state index contributed by atoms with van der Waals surface area (Å²) < 4.78 is 34.4. The monoisotopic (exact) mass is 484 g/mol. The van der Waals surface area contributed by atoms with Gasteiger partial charge in [-0.25, -0.2) is 13.2 Å². The van der Waals surface area contributed by atoms with Crippen LogP contribution in [0.1, 0.15) is 45.7 Å². The third kappa shape index (κ3) is 7.36. The van der Waals surface area contributed by atoms with Crippen molar-refractivity contribution in [1.29, 1.82) is 0 Å². The first-order chi connectivity index (χ1) is 13.4. The van der Waals surface area contributed by atoms with Crippen LogP contribution < -0.4 is 10.0 Å². The highest BCUT2D eigenvalue weighted by atomic mass is 79.9. The van der Waals surface area contributed by atoms with Gasteiger partial charge in [0, 0.05) is 4.47 Å². The Morgan fingerprint density at radius 3 is 2.21 bits per heavy atom. The number of carbonyl (C=O) groups excluding carboxylic acids is 1. The number of ether oxygens (including phenoxy) is 1. The van der Waals surface area contributed by atoms with Gasteiger partial charge in [-0.1, -0.05) is 41.9 Å². The minimum Gasteiger partial charge on any atom is -0.444 e. The van der Waals surface area contributed by atoms with Gasteiger partial charge in [0.25, 0.3) is 10.0 Å². The zero-order valence-corrected chi connectivity index (χ0v) is 20.3. The number of para-hydroxylation sites is 1. The first kappa shape index (κ1) is 25.0. The van der Waals surface area contributed by atoms with Gasteiger partial charge in [0.05, 0.1) is 16.3 Å². The number of benzene rings is 2.